The summed E-state index contributed by atoms with van der Waals surface area (Å²) < 4.78 is 6.81. The number of nitrogens with zero attached hydrogens (tertiary/aromatic N) is 4. The molecule has 0 aliphatic carbocycles. The fourth-order valence-electron chi connectivity index (χ4n) is 4.67. The quantitative estimate of drug-likeness (QED) is 0.406. The zero-order chi connectivity index (χ0) is 21.8. The molecule has 1 fully saturated rings. The maximum absolute atomic E-state index is 5.71. The maximum atomic E-state index is 5.71. The van der Waals surface area contributed by atoms with E-state index < -0.39 is 0 Å². The number of hydrogen-bond acceptors (Lipinski definition) is 6. The minimum absolute atomic E-state index is 0.251. The molecule has 0 spiro atoms. The monoisotopic (exact) mass is 444 g/mol. The molecule has 1 aliphatic rings. The Morgan fingerprint density at radius 1 is 1.16 bits per heavy atom. The van der Waals surface area contributed by atoms with Gasteiger partial charge in [-0.05, 0) is 32.9 Å². The number of hydrogen-bond donors (Lipinski definition) is 2. The van der Waals surface area contributed by atoms with Gasteiger partial charge in [-0.25, -0.2) is 9.97 Å². The number of aryl methyl sites for hydroxylation is 2. The number of morpholine rings is 1. The van der Waals surface area contributed by atoms with Crippen LogP contribution in [-0.2, 0) is 4.74 Å². The van der Waals surface area contributed by atoms with Crippen molar-refractivity contribution in [3.63, 3.8) is 0 Å². The number of fused-ring (bicyclic) bond motifs is 2. The molecule has 0 bridgehead atoms. The first-order chi connectivity index (χ1) is 15.6. The van der Waals surface area contributed by atoms with E-state index in [1.807, 2.05) is 13.1 Å². The van der Waals surface area contributed by atoms with Crippen molar-refractivity contribution < 1.29 is 4.74 Å². The summed E-state index contributed by atoms with van der Waals surface area (Å²) in [6.45, 7) is 8.52. The fourth-order valence-corrected chi connectivity index (χ4v) is 5.67. The standard InChI is InChI=1S/C24H24N6OS/c1-13-11-31-10-9-30(13)24-22-21(18(12-32-22)20-14(2)28-29-15(20)3)26-23(27-24)17-5-4-6-19-16(17)7-8-25-19/h4-8,12-13,25H,9-11H2,1-3H3,(H,28,29)/t13-/m1/s1. The number of benzene rings is 1. The van der Waals surface area contributed by atoms with E-state index in [0.29, 0.717) is 13.2 Å². The molecule has 162 valence electrons. The van der Waals surface area contributed by atoms with Crippen LogP contribution in [0.3, 0.4) is 0 Å². The Kier molecular flexibility index (Phi) is 4.51. The molecule has 0 saturated carbocycles. The predicted molar refractivity (Wildman–Crippen MR) is 129 cm³/mol. The summed E-state index contributed by atoms with van der Waals surface area (Å²) in [5, 5.41) is 10.9. The maximum Gasteiger partial charge on any atom is 0.162 e. The van der Waals surface area contributed by atoms with E-state index in [9.17, 15) is 0 Å². The first-order valence-electron chi connectivity index (χ1n) is 10.8. The second kappa shape index (κ2) is 7.43. The smallest absolute Gasteiger partial charge is 0.162 e. The molecule has 1 aromatic carbocycles. The highest BCUT2D eigenvalue weighted by Gasteiger charge is 2.26. The van der Waals surface area contributed by atoms with Crippen molar-refractivity contribution in [1.82, 2.24) is 25.1 Å². The van der Waals surface area contributed by atoms with Crippen molar-refractivity contribution in [2.45, 2.75) is 26.8 Å². The molecular weight excluding hydrogens is 420 g/mol. The van der Waals surface area contributed by atoms with Crippen molar-refractivity contribution in [3.05, 3.63) is 47.2 Å². The molecule has 1 atom stereocenters. The average molecular weight is 445 g/mol. The van der Waals surface area contributed by atoms with Gasteiger partial charge in [0.15, 0.2) is 11.6 Å². The van der Waals surface area contributed by atoms with E-state index in [-0.39, 0.29) is 6.04 Å². The van der Waals surface area contributed by atoms with Gasteiger partial charge < -0.3 is 14.6 Å². The second-order valence-corrected chi connectivity index (χ2v) is 9.25. The van der Waals surface area contributed by atoms with E-state index in [0.717, 1.165) is 67.4 Å². The molecule has 2 N–H and O–H groups in total. The van der Waals surface area contributed by atoms with Gasteiger partial charge >= 0.3 is 0 Å². The topological polar surface area (TPSA) is 82.7 Å². The first-order valence-corrected chi connectivity index (χ1v) is 11.7. The summed E-state index contributed by atoms with van der Waals surface area (Å²) in [7, 11) is 0. The van der Waals surface area contributed by atoms with Crippen LogP contribution in [0.25, 0.3) is 43.6 Å². The predicted octanol–water partition coefficient (Wildman–Crippen LogP) is 5.07. The van der Waals surface area contributed by atoms with Crippen LogP contribution < -0.4 is 4.90 Å². The van der Waals surface area contributed by atoms with Gasteiger partial charge in [-0.3, -0.25) is 5.10 Å². The molecule has 4 aromatic heterocycles. The van der Waals surface area contributed by atoms with Gasteiger partial charge in [-0.15, -0.1) is 11.3 Å². The lowest BCUT2D eigenvalue weighted by atomic mass is 10.1. The Hall–Kier alpha value is -3.23. The number of anilines is 1. The summed E-state index contributed by atoms with van der Waals surface area (Å²) in [6, 6.07) is 8.58. The van der Waals surface area contributed by atoms with Crippen LogP contribution in [-0.4, -0.2) is 50.9 Å². The molecule has 1 aliphatic heterocycles. The highest BCUT2D eigenvalue weighted by atomic mass is 32.1. The zero-order valence-electron chi connectivity index (χ0n) is 18.3. The van der Waals surface area contributed by atoms with E-state index in [1.165, 1.54) is 0 Å². The SMILES string of the molecule is Cc1n[nH]c(C)c1-c1csc2c(N3CCOC[C@H]3C)nc(-c3cccc4[nH]ccc34)nc12. The molecule has 8 heteroatoms. The Labute approximate surface area is 189 Å². The molecule has 1 saturated heterocycles. The molecular formula is C24H24N6OS. The molecule has 0 radical (unpaired) electrons. The van der Waals surface area contributed by atoms with Crippen molar-refractivity contribution in [2.24, 2.45) is 0 Å². The Bertz CT molecular complexity index is 1430. The van der Waals surface area contributed by atoms with Crippen LogP contribution in [0.1, 0.15) is 18.3 Å². The number of nitrogens with one attached hydrogen (secondary N) is 2. The summed E-state index contributed by atoms with van der Waals surface area (Å²) in [6.07, 6.45) is 1.96. The van der Waals surface area contributed by atoms with E-state index in [1.54, 1.807) is 11.3 Å². The van der Waals surface area contributed by atoms with E-state index >= 15 is 0 Å². The molecule has 6 rings (SSSR count). The molecule has 0 unspecified atom stereocenters. The first kappa shape index (κ1) is 19.5. The summed E-state index contributed by atoms with van der Waals surface area (Å²) in [4.78, 5) is 16.0. The van der Waals surface area contributed by atoms with Gasteiger partial charge in [0.1, 0.15) is 0 Å². The van der Waals surface area contributed by atoms with E-state index in [2.05, 4.69) is 63.6 Å². The van der Waals surface area contributed by atoms with Gasteiger partial charge in [0, 0.05) is 51.4 Å². The lowest BCUT2D eigenvalue weighted by Gasteiger charge is -2.34. The summed E-state index contributed by atoms with van der Waals surface area (Å²) >= 11 is 1.71. The lowest BCUT2D eigenvalue weighted by Crippen LogP contribution is -2.44. The number of H-pyrrole nitrogens is 2. The van der Waals surface area contributed by atoms with Crippen molar-refractivity contribution in [1.29, 1.82) is 0 Å². The third kappa shape index (κ3) is 2.94. The van der Waals surface area contributed by atoms with Crippen molar-refractivity contribution in [3.8, 4) is 22.5 Å². The summed E-state index contributed by atoms with van der Waals surface area (Å²) in [5.41, 5.74) is 7.37. The third-order valence-electron chi connectivity index (χ3n) is 6.27. The van der Waals surface area contributed by atoms with Gasteiger partial charge in [-0.1, -0.05) is 12.1 Å². The molecule has 5 aromatic rings. The zero-order valence-corrected chi connectivity index (χ0v) is 19.1. The van der Waals surface area contributed by atoms with Crippen LogP contribution in [0.5, 0.6) is 0 Å². The van der Waals surface area contributed by atoms with Gasteiger partial charge in [0.05, 0.1) is 35.2 Å². The highest BCUT2D eigenvalue weighted by molar-refractivity contribution is 7.18. The number of aromatic amines is 2. The average Bonchev–Trinajstić information content (AvgIpc) is 3.52. The van der Waals surface area contributed by atoms with Crippen LogP contribution >= 0.6 is 11.3 Å². The Morgan fingerprint density at radius 2 is 2.06 bits per heavy atom. The minimum Gasteiger partial charge on any atom is -0.377 e. The normalized spacial score (nSPS) is 17.0. The third-order valence-corrected chi connectivity index (χ3v) is 7.24. The molecule has 5 heterocycles. The minimum atomic E-state index is 0.251. The molecule has 32 heavy (non-hydrogen) atoms. The van der Waals surface area contributed by atoms with Gasteiger partial charge in [0.2, 0.25) is 0 Å². The van der Waals surface area contributed by atoms with Crippen LogP contribution in [0.4, 0.5) is 5.82 Å². The van der Waals surface area contributed by atoms with Crippen LogP contribution in [0.15, 0.2) is 35.8 Å². The summed E-state index contributed by atoms with van der Waals surface area (Å²) in [5.74, 6) is 1.73. The lowest BCUT2D eigenvalue weighted by molar-refractivity contribution is 0.0987. The molecule has 7 nitrogen and oxygen atoms in total. The number of thiophene rings is 1. The Morgan fingerprint density at radius 3 is 2.88 bits per heavy atom. The van der Waals surface area contributed by atoms with Crippen LogP contribution in [0, 0.1) is 13.8 Å². The number of rotatable bonds is 3. The van der Waals surface area contributed by atoms with Gasteiger partial charge in [0.25, 0.3) is 0 Å². The van der Waals surface area contributed by atoms with Crippen molar-refractivity contribution in [2.75, 3.05) is 24.7 Å². The van der Waals surface area contributed by atoms with Crippen LogP contribution in [0.2, 0.25) is 0 Å². The van der Waals surface area contributed by atoms with E-state index in [4.69, 9.17) is 14.7 Å². The second-order valence-electron chi connectivity index (χ2n) is 8.37. The highest BCUT2D eigenvalue weighted by Crippen LogP contribution is 2.41. The number of ether oxygens (including phenoxy) is 1. The fraction of sp³-hybridized carbons (Fsp3) is 0.292. The largest absolute Gasteiger partial charge is 0.377 e. The van der Waals surface area contributed by atoms with Crippen molar-refractivity contribution >= 4 is 38.3 Å². The van der Waals surface area contributed by atoms with Gasteiger partial charge in [-0.2, -0.15) is 5.10 Å². The molecule has 0 amide bonds. The number of aromatic nitrogens is 5. The Balaban J connectivity index is 1.65.